The molecule has 1 amide bonds. The Hall–Kier alpha value is -1.26. The molecule has 2 aliphatic heterocycles. The van der Waals surface area contributed by atoms with Crippen molar-refractivity contribution in [1.82, 2.24) is 4.90 Å². The van der Waals surface area contributed by atoms with E-state index in [1.807, 2.05) is 0 Å². The van der Waals surface area contributed by atoms with Crippen LogP contribution in [0.1, 0.15) is 25.7 Å². The lowest BCUT2D eigenvalue weighted by Crippen LogP contribution is -2.51. The lowest BCUT2D eigenvalue weighted by atomic mass is 9.85. The lowest BCUT2D eigenvalue weighted by Gasteiger charge is -2.38. The van der Waals surface area contributed by atoms with Gasteiger partial charge in [-0.3, -0.25) is 9.69 Å². The topological polar surface area (TPSA) is 66.8 Å². The maximum Gasteiger partial charge on any atom is 0.410 e. The van der Waals surface area contributed by atoms with Crippen molar-refractivity contribution in [3.63, 3.8) is 0 Å². The highest BCUT2D eigenvalue weighted by Crippen LogP contribution is 2.36. The zero-order chi connectivity index (χ0) is 10.2. The van der Waals surface area contributed by atoms with E-state index in [9.17, 15) is 9.59 Å². The molecule has 2 saturated heterocycles. The van der Waals surface area contributed by atoms with Crippen LogP contribution in [0.2, 0.25) is 0 Å². The molecule has 5 nitrogen and oxygen atoms in total. The highest BCUT2D eigenvalue weighted by molar-refractivity contribution is 5.75. The van der Waals surface area contributed by atoms with Gasteiger partial charge in [0.1, 0.15) is 6.61 Å². The molecule has 0 bridgehead atoms. The van der Waals surface area contributed by atoms with Crippen LogP contribution in [0.15, 0.2) is 0 Å². The molecule has 0 aliphatic carbocycles. The Labute approximate surface area is 81.6 Å². The SMILES string of the molecule is O=C(O)CC12CCCCN1C(=O)OC2. The average molecular weight is 199 g/mol. The minimum absolute atomic E-state index is 0.00125. The number of cyclic esters (lactones) is 1. The number of nitrogens with zero attached hydrogens (tertiary/aromatic N) is 1. The van der Waals surface area contributed by atoms with Crippen LogP contribution in [0.25, 0.3) is 0 Å². The first-order valence-electron chi connectivity index (χ1n) is 4.80. The molecule has 1 unspecified atom stereocenters. The van der Waals surface area contributed by atoms with E-state index in [2.05, 4.69) is 0 Å². The molecule has 14 heavy (non-hydrogen) atoms. The molecule has 78 valence electrons. The Balaban J connectivity index is 2.20. The van der Waals surface area contributed by atoms with E-state index in [0.29, 0.717) is 6.54 Å². The summed E-state index contributed by atoms with van der Waals surface area (Å²) in [5.74, 6) is -0.866. The van der Waals surface area contributed by atoms with Crippen molar-refractivity contribution in [3.8, 4) is 0 Å². The summed E-state index contributed by atoms with van der Waals surface area (Å²) in [7, 11) is 0. The number of carbonyl (C=O) groups is 2. The molecule has 0 aromatic rings. The number of amides is 1. The minimum atomic E-state index is -0.866. The molecule has 2 fully saturated rings. The number of hydrogen-bond acceptors (Lipinski definition) is 3. The molecule has 0 spiro atoms. The Morgan fingerprint density at radius 2 is 2.36 bits per heavy atom. The summed E-state index contributed by atoms with van der Waals surface area (Å²) in [5, 5.41) is 8.80. The van der Waals surface area contributed by atoms with E-state index >= 15 is 0 Å². The molecule has 2 aliphatic rings. The molecule has 1 atom stereocenters. The van der Waals surface area contributed by atoms with E-state index in [0.717, 1.165) is 19.3 Å². The van der Waals surface area contributed by atoms with Gasteiger partial charge < -0.3 is 9.84 Å². The van der Waals surface area contributed by atoms with E-state index in [1.165, 1.54) is 0 Å². The summed E-state index contributed by atoms with van der Waals surface area (Å²) in [6, 6.07) is 0. The minimum Gasteiger partial charge on any atom is -0.481 e. The van der Waals surface area contributed by atoms with Crippen molar-refractivity contribution < 1.29 is 19.4 Å². The van der Waals surface area contributed by atoms with Crippen molar-refractivity contribution in [3.05, 3.63) is 0 Å². The second-order valence-corrected chi connectivity index (χ2v) is 3.96. The molecule has 2 rings (SSSR count). The Kier molecular flexibility index (Phi) is 2.09. The molecule has 2 heterocycles. The molecule has 0 aromatic heterocycles. The first-order chi connectivity index (χ1) is 6.64. The number of rotatable bonds is 2. The first-order valence-corrected chi connectivity index (χ1v) is 4.80. The summed E-state index contributed by atoms with van der Waals surface area (Å²) in [5.41, 5.74) is -0.554. The van der Waals surface area contributed by atoms with Gasteiger partial charge in [0, 0.05) is 6.54 Å². The van der Waals surface area contributed by atoms with E-state index in [1.54, 1.807) is 4.90 Å². The number of ether oxygens (including phenoxy) is 1. The van der Waals surface area contributed by atoms with Crippen molar-refractivity contribution in [2.75, 3.05) is 13.2 Å². The van der Waals surface area contributed by atoms with Gasteiger partial charge in [-0.1, -0.05) is 0 Å². The number of piperidine rings is 1. The van der Waals surface area contributed by atoms with E-state index < -0.39 is 11.5 Å². The Morgan fingerprint density at radius 3 is 3.07 bits per heavy atom. The van der Waals surface area contributed by atoms with Gasteiger partial charge in [0.05, 0.1) is 12.0 Å². The average Bonchev–Trinajstić information content (AvgIpc) is 2.44. The van der Waals surface area contributed by atoms with Gasteiger partial charge in [0.2, 0.25) is 0 Å². The third kappa shape index (κ3) is 1.32. The lowest BCUT2D eigenvalue weighted by molar-refractivity contribution is -0.140. The Morgan fingerprint density at radius 1 is 1.57 bits per heavy atom. The van der Waals surface area contributed by atoms with Crippen molar-refractivity contribution in [1.29, 1.82) is 0 Å². The summed E-state index contributed by atoms with van der Waals surface area (Å²) >= 11 is 0. The summed E-state index contributed by atoms with van der Waals surface area (Å²) in [4.78, 5) is 23.6. The largest absolute Gasteiger partial charge is 0.481 e. The van der Waals surface area contributed by atoms with Crippen LogP contribution in [0.5, 0.6) is 0 Å². The molecular weight excluding hydrogens is 186 g/mol. The second-order valence-electron chi connectivity index (χ2n) is 3.96. The number of hydrogen-bond donors (Lipinski definition) is 1. The maximum absolute atomic E-state index is 11.3. The third-order valence-electron chi connectivity index (χ3n) is 3.01. The molecular formula is C9H13NO4. The normalized spacial score (nSPS) is 31.1. The van der Waals surface area contributed by atoms with Crippen LogP contribution >= 0.6 is 0 Å². The van der Waals surface area contributed by atoms with Gasteiger partial charge in [0.25, 0.3) is 0 Å². The molecule has 0 saturated carbocycles. The molecule has 0 aromatic carbocycles. The number of carbonyl (C=O) groups excluding carboxylic acids is 1. The Bertz CT molecular complexity index is 278. The van der Waals surface area contributed by atoms with Gasteiger partial charge in [-0.25, -0.2) is 4.79 Å². The number of carboxylic acids is 1. The van der Waals surface area contributed by atoms with Crippen molar-refractivity contribution in [2.45, 2.75) is 31.2 Å². The summed E-state index contributed by atoms with van der Waals surface area (Å²) in [6.45, 7) is 0.865. The van der Waals surface area contributed by atoms with Crippen LogP contribution in [-0.2, 0) is 9.53 Å². The van der Waals surface area contributed by atoms with E-state index in [4.69, 9.17) is 9.84 Å². The highest BCUT2D eigenvalue weighted by atomic mass is 16.6. The van der Waals surface area contributed by atoms with Crippen LogP contribution in [0, 0.1) is 0 Å². The fourth-order valence-electron chi connectivity index (χ4n) is 2.32. The first kappa shape index (κ1) is 9.30. The standard InChI is InChI=1S/C9H13NO4/c11-7(12)5-9-3-1-2-4-10(9)8(13)14-6-9/h1-6H2,(H,11,12). The highest BCUT2D eigenvalue weighted by Gasteiger charge is 2.49. The summed E-state index contributed by atoms with van der Waals surface area (Å²) in [6.07, 6.45) is 2.30. The maximum atomic E-state index is 11.3. The van der Waals surface area contributed by atoms with Gasteiger partial charge in [-0.05, 0) is 19.3 Å². The second kappa shape index (κ2) is 3.15. The monoisotopic (exact) mass is 199 g/mol. The van der Waals surface area contributed by atoms with Crippen LogP contribution in [-0.4, -0.2) is 40.8 Å². The number of aliphatic carboxylic acids is 1. The van der Waals surface area contributed by atoms with Gasteiger partial charge in [-0.15, -0.1) is 0 Å². The van der Waals surface area contributed by atoms with Crippen molar-refractivity contribution in [2.24, 2.45) is 0 Å². The van der Waals surface area contributed by atoms with Gasteiger partial charge >= 0.3 is 12.1 Å². The summed E-state index contributed by atoms with van der Waals surface area (Å²) < 4.78 is 4.93. The molecule has 0 radical (unpaired) electrons. The smallest absolute Gasteiger partial charge is 0.410 e. The fraction of sp³-hybridized carbons (Fsp3) is 0.778. The fourth-order valence-corrected chi connectivity index (χ4v) is 2.32. The predicted octanol–water partition coefficient (Wildman–Crippen LogP) is 0.836. The predicted molar refractivity (Wildman–Crippen MR) is 46.9 cm³/mol. The van der Waals surface area contributed by atoms with Crippen LogP contribution in [0.4, 0.5) is 4.79 Å². The van der Waals surface area contributed by atoms with Gasteiger partial charge in [0.15, 0.2) is 0 Å². The molecule has 1 N–H and O–H groups in total. The van der Waals surface area contributed by atoms with E-state index in [-0.39, 0.29) is 19.1 Å². The van der Waals surface area contributed by atoms with Gasteiger partial charge in [-0.2, -0.15) is 0 Å². The molecule has 5 heteroatoms. The number of fused-ring (bicyclic) bond motifs is 1. The quantitative estimate of drug-likeness (QED) is 0.715. The third-order valence-corrected chi connectivity index (χ3v) is 3.01. The zero-order valence-corrected chi connectivity index (χ0v) is 7.86. The number of carboxylic acid groups (broad SMARTS) is 1. The van der Waals surface area contributed by atoms with Crippen LogP contribution < -0.4 is 0 Å². The van der Waals surface area contributed by atoms with Crippen molar-refractivity contribution >= 4 is 12.1 Å². The van der Waals surface area contributed by atoms with Crippen LogP contribution in [0.3, 0.4) is 0 Å². The zero-order valence-electron chi connectivity index (χ0n) is 7.86.